The summed E-state index contributed by atoms with van der Waals surface area (Å²) in [6.07, 6.45) is -0.194. The van der Waals surface area contributed by atoms with Crippen LogP contribution in [0.4, 0.5) is 0 Å². The number of rotatable bonds is 7. The van der Waals surface area contributed by atoms with E-state index in [9.17, 15) is 19.5 Å². The Balaban J connectivity index is 1.99. The highest BCUT2D eigenvalue weighted by molar-refractivity contribution is 5.87. The van der Waals surface area contributed by atoms with Gasteiger partial charge in [-0.05, 0) is 17.7 Å². The third-order valence-corrected chi connectivity index (χ3v) is 4.96. The van der Waals surface area contributed by atoms with Gasteiger partial charge in [0.15, 0.2) is 5.76 Å². The summed E-state index contributed by atoms with van der Waals surface area (Å²) in [5.74, 6) is -2.77. The first kappa shape index (κ1) is 21.5. The van der Waals surface area contributed by atoms with Gasteiger partial charge in [0.2, 0.25) is 11.2 Å². The van der Waals surface area contributed by atoms with Crippen LogP contribution < -0.4 is 5.43 Å². The molecule has 1 atom stereocenters. The van der Waals surface area contributed by atoms with Crippen LogP contribution in [0.3, 0.4) is 0 Å². The van der Waals surface area contributed by atoms with E-state index in [0.29, 0.717) is 44.2 Å². The van der Waals surface area contributed by atoms with Crippen LogP contribution in [0.25, 0.3) is 0 Å². The summed E-state index contributed by atoms with van der Waals surface area (Å²) >= 11 is 0. The van der Waals surface area contributed by atoms with E-state index in [-0.39, 0.29) is 17.7 Å². The minimum atomic E-state index is -1.09. The largest absolute Gasteiger partial charge is 0.502 e. The van der Waals surface area contributed by atoms with Crippen molar-refractivity contribution in [2.24, 2.45) is 0 Å². The number of nitrogens with zero attached hydrogens (tertiary/aromatic N) is 1. The van der Waals surface area contributed by atoms with E-state index in [0.717, 1.165) is 0 Å². The maximum Gasteiger partial charge on any atom is 0.335 e. The number of hydrogen-bond donors (Lipinski definition) is 2. The van der Waals surface area contributed by atoms with Gasteiger partial charge >= 0.3 is 11.9 Å². The second-order valence-electron chi connectivity index (χ2n) is 6.94. The van der Waals surface area contributed by atoms with Crippen molar-refractivity contribution in [1.29, 1.82) is 0 Å². The van der Waals surface area contributed by atoms with Crippen molar-refractivity contribution >= 4 is 11.9 Å². The molecule has 0 bridgehead atoms. The monoisotopic (exact) mass is 417 g/mol. The van der Waals surface area contributed by atoms with Gasteiger partial charge in [-0.15, -0.1) is 0 Å². The van der Waals surface area contributed by atoms with Crippen molar-refractivity contribution in [2.45, 2.75) is 18.9 Å². The fourth-order valence-electron chi connectivity index (χ4n) is 3.32. The molecule has 9 heteroatoms. The number of esters is 1. The van der Waals surface area contributed by atoms with Crippen LogP contribution in [0.2, 0.25) is 0 Å². The number of aromatic carboxylic acids is 1. The Labute approximate surface area is 172 Å². The maximum absolute atomic E-state index is 12.4. The van der Waals surface area contributed by atoms with Gasteiger partial charge in [0.1, 0.15) is 5.76 Å². The predicted octanol–water partition coefficient (Wildman–Crippen LogP) is 1.57. The molecule has 160 valence electrons. The van der Waals surface area contributed by atoms with E-state index in [2.05, 4.69) is 4.90 Å². The van der Waals surface area contributed by atoms with Crippen LogP contribution in [0, 0.1) is 0 Å². The Kier molecular flexibility index (Phi) is 6.86. The molecule has 2 N–H and O–H groups in total. The minimum absolute atomic E-state index is 0.0563. The van der Waals surface area contributed by atoms with Crippen molar-refractivity contribution < 1.29 is 33.7 Å². The van der Waals surface area contributed by atoms with E-state index in [1.165, 1.54) is 37.4 Å². The van der Waals surface area contributed by atoms with Crippen molar-refractivity contribution in [1.82, 2.24) is 4.90 Å². The van der Waals surface area contributed by atoms with Crippen molar-refractivity contribution in [2.75, 3.05) is 33.4 Å². The summed E-state index contributed by atoms with van der Waals surface area (Å²) in [6, 6.07) is 7.04. The number of carbonyl (C=O) groups is 2. The number of methoxy groups -OCH3 is 1. The van der Waals surface area contributed by atoms with E-state index in [4.69, 9.17) is 19.0 Å². The summed E-state index contributed by atoms with van der Waals surface area (Å²) in [6.45, 7) is 2.88. The zero-order valence-corrected chi connectivity index (χ0v) is 16.5. The van der Waals surface area contributed by atoms with Gasteiger partial charge in [-0.2, -0.15) is 0 Å². The molecular weight excluding hydrogens is 394 g/mol. The molecular formula is C21H23NO8. The molecule has 1 aliphatic heterocycles. The van der Waals surface area contributed by atoms with Gasteiger partial charge in [0.05, 0.1) is 44.8 Å². The molecule has 1 aliphatic rings. The second-order valence-corrected chi connectivity index (χ2v) is 6.94. The summed E-state index contributed by atoms with van der Waals surface area (Å²) < 4.78 is 15.9. The molecule has 0 amide bonds. The molecule has 3 rings (SSSR count). The van der Waals surface area contributed by atoms with Gasteiger partial charge in [-0.25, -0.2) is 4.79 Å². The minimum Gasteiger partial charge on any atom is -0.502 e. The molecule has 0 aliphatic carbocycles. The molecule has 0 radical (unpaired) electrons. The van der Waals surface area contributed by atoms with Crippen molar-refractivity contribution in [3.05, 3.63) is 63.2 Å². The zero-order valence-electron chi connectivity index (χ0n) is 16.5. The molecule has 1 aromatic heterocycles. The maximum atomic E-state index is 12.4. The lowest BCUT2D eigenvalue weighted by Gasteiger charge is -2.26. The molecule has 1 saturated heterocycles. The molecule has 2 heterocycles. The quantitative estimate of drug-likeness (QED) is 0.645. The first-order valence-electron chi connectivity index (χ1n) is 9.45. The fraction of sp³-hybridized carbons (Fsp3) is 0.381. The summed E-state index contributed by atoms with van der Waals surface area (Å²) in [7, 11) is 1.23. The number of hydrogen-bond acceptors (Lipinski definition) is 8. The number of carbonyl (C=O) groups excluding carboxylic acids is 1. The summed E-state index contributed by atoms with van der Waals surface area (Å²) in [5.41, 5.74) is -0.0359. The lowest BCUT2D eigenvalue weighted by Crippen LogP contribution is -2.35. The Morgan fingerprint density at radius 1 is 1.20 bits per heavy atom. The van der Waals surface area contributed by atoms with Crippen LogP contribution >= 0.6 is 0 Å². The zero-order chi connectivity index (χ0) is 21.7. The van der Waals surface area contributed by atoms with Crippen LogP contribution in [-0.4, -0.2) is 60.5 Å². The number of ether oxygens (including phenoxy) is 2. The number of aromatic hydroxyl groups is 1. The standard InChI is InChI=1S/C21H23NO8/c1-28-18(24)11-16(13-2-4-14(5-3-13)21(26)27)20-19(25)17(23)10-15(30-20)12-22-6-8-29-9-7-22/h2-5,10,16,25H,6-9,11-12H2,1H3,(H,26,27). The van der Waals surface area contributed by atoms with Crippen LogP contribution in [0.1, 0.15) is 39.8 Å². The third kappa shape index (κ3) is 5.05. The van der Waals surface area contributed by atoms with Gasteiger partial charge in [-0.1, -0.05) is 12.1 Å². The van der Waals surface area contributed by atoms with Crippen LogP contribution in [-0.2, 0) is 20.8 Å². The SMILES string of the molecule is COC(=O)CC(c1ccc(C(=O)O)cc1)c1oc(CN2CCOCC2)cc(=O)c1O. The highest BCUT2D eigenvalue weighted by Crippen LogP contribution is 2.33. The van der Waals surface area contributed by atoms with Crippen molar-refractivity contribution in [3.8, 4) is 5.75 Å². The predicted molar refractivity (Wildman–Crippen MR) is 105 cm³/mol. The lowest BCUT2D eigenvalue weighted by molar-refractivity contribution is -0.140. The highest BCUT2D eigenvalue weighted by Gasteiger charge is 2.27. The second kappa shape index (κ2) is 9.55. The Hall–Kier alpha value is -3.17. The number of carboxylic acid groups (broad SMARTS) is 1. The normalized spacial score (nSPS) is 15.5. The molecule has 1 unspecified atom stereocenters. The molecule has 0 spiro atoms. The van der Waals surface area contributed by atoms with E-state index in [1.54, 1.807) is 0 Å². The first-order chi connectivity index (χ1) is 14.4. The van der Waals surface area contributed by atoms with Crippen molar-refractivity contribution in [3.63, 3.8) is 0 Å². The van der Waals surface area contributed by atoms with Gasteiger partial charge in [0.25, 0.3) is 0 Å². The Bertz CT molecular complexity index is 960. The Morgan fingerprint density at radius 2 is 1.87 bits per heavy atom. The lowest BCUT2D eigenvalue weighted by atomic mass is 9.91. The van der Waals surface area contributed by atoms with Crippen LogP contribution in [0.15, 0.2) is 39.5 Å². The smallest absolute Gasteiger partial charge is 0.335 e. The summed E-state index contributed by atoms with van der Waals surface area (Å²) in [5, 5.41) is 19.5. The highest BCUT2D eigenvalue weighted by atomic mass is 16.5. The van der Waals surface area contributed by atoms with Gasteiger partial charge in [0, 0.05) is 19.2 Å². The van der Waals surface area contributed by atoms with E-state index >= 15 is 0 Å². The Morgan fingerprint density at radius 3 is 2.47 bits per heavy atom. The molecule has 30 heavy (non-hydrogen) atoms. The topological polar surface area (TPSA) is 127 Å². The van der Waals surface area contributed by atoms with E-state index in [1.807, 2.05) is 0 Å². The first-order valence-corrected chi connectivity index (χ1v) is 9.45. The molecule has 0 saturated carbocycles. The molecule has 1 fully saturated rings. The summed E-state index contributed by atoms with van der Waals surface area (Å²) in [4.78, 5) is 37.6. The van der Waals surface area contributed by atoms with Gasteiger partial charge < -0.3 is 24.1 Å². The van der Waals surface area contributed by atoms with Crippen LogP contribution in [0.5, 0.6) is 5.75 Å². The number of carboxylic acids is 1. The van der Waals surface area contributed by atoms with Gasteiger partial charge in [-0.3, -0.25) is 14.5 Å². The van der Waals surface area contributed by atoms with E-state index < -0.39 is 29.0 Å². The molecule has 1 aromatic carbocycles. The number of morpholine rings is 1. The number of benzene rings is 1. The molecule has 2 aromatic rings. The molecule has 9 nitrogen and oxygen atoms in total. The average Bonchev–Trinajstić information content (AvgIpc) is 2.75. The average molecular weight is 417 g/mol. The fourth-order valence-corrected chi connectivity index (χ4v) is 3.32. The third-order valence-electron chi connectivity index (χ3n) is 4.96.